The summed E-state index contributed by atoms with van der Waals surface area (Å²) in [6.07, 6.45) is 4.20. The van der Waals surface area contributed by atoms with Crippen LogP contribution < -0.4 is 0 Å². The summed E-state index contributed by atoms with van der Waals surface area (Å²) in [5.41, 5.74) is 1.79. The lowest BCUT2D eigenvalue weighted by Crippen LogP contribution is -2.41. The molecule has 0 N–H and O–H groups in total. The van der Waals surface area contributed by atoms with E-state index in [-0.39, 0.29) is 17.9 Å². The van der Waals surface area contributed by atoms with E-state index in [1.165, 1.54) is 0 Å². The SMILES string of the molecule is Cn1cc(C(=O)N2CCCN(C(=O)C3CCCO3)CC2)c2ccccc21. The van der Waals surface area contributed by atoms with E-state index < -0.39 is 0 Å². The minimum absolute atomic E-state index is 0.0493. The number of amides is 2. The molecule has 0 radical (unpaired) electrons. The molecule has 2 fully saturated rings. The quantitative estimate of drug-likeness (QED) is 0.828. The van der Waals surface area contributed by atoms with Crippen LogP contribution in [0, 0.1) is 0 Å². The van der Waals surface area contributed by atoms with Crippen LogP contribution in [0.15, 0.2) is 30.5 Å². The number of rotatable bonds is 2. The fourth-order valence-corrected chi connectivity index (χ4v) is 4.00. The molecule has 1 aromatic heterocycles. The van der Waals surface area contributed by atoms with Crippen LogP contribution in [-0.2, 0) is 16.6 Å². The number of hydrogen-bond donors (Lipinski definition) is 0. The van der Waals surface area contributed by atoms with Gasteiger partial charge in [0.2, 0.25) is 0 Å². The van der Waals surface area contributed by atoms with Crippen LogP contribution in [0.5, 0.6) is 0 Å². The largest absolute Gasteiger partial charge is 0.368 e. The van der Waals surface area contributed by atoms with E-state index in [1.807, 2.05) is 51.9 Å². The Balaban J connectivity index is 1.48. The highest BCUT2D eigenvalue weighted by atomic mass is 16.5. The van der Waals surface area contributed by atoms with Gasteiger partial charge in [0.05, 0.1) is 5.56 Å². The van der Waals surface area contributed by atoms with Gasteiger partial charge in [-0.05, 0) is 25.3 Å². The number of nitrogens with zero attached hydrogens (tertiary/aromatic N) is 3. The molecule has 4 rings (SSSR count). The highest BCUT2D eigenvalue weighted by Crippen LogP contribution is 2.23. The Labute approximate surface area is 153 Å². The molecule has 0 spiro atoms. The summed E-state index contributed by atoms with van der Waals surface area (Å²) in [4.78, 5) is 29.4. The van der Waals surface area contributed by atoms with E-state index in [0.717, 1.165) is 35.7 Å². The highest BCUT2D eigenvalue weighted by molar-refractivity contribution is 6.07. The van der Waals surface area contributed by atoms with Gasteiger partial charge in [-0.1, -0.05) is 18.2 Å². The summed E-state index contributed by atoms with van der Waals surface area (Å²) in [5, 5.41) is 0.983. The molecule has 6 heteroatoms. The van der Waals surface area contributed by atoms with Gasteiger partial charge in [0.1, 0.15) is 6.10 Å². The monoisotopic (exact) mass is 355 g/mol. The van der Waals surface area contributed by atoms with Crippen LogP contribution in [0.1, 0.15) is 29.6 Å². The van der Waals surface area contributed by atoms with Crippen molar-refractivity contribution in [1.29, 1.82) is 0 Å². The van der Waals surface area contributed by atoms with Crippen LogP contribution >= 0.6 is 0 Å². The van der Waals surface area contributed by atoms with Gasteiger partial charge in [-0.3, -0.25) is 9.59 Å². The van der Waals surface area contributed by atoms with Gasteiger partial charge in [0.15, 0.2) is 0 Å². The van der Waals surface area contributed by atoms with E-state index in [1.54, 1.807) is 0 Å². The molecule has 2 aromatic rings. The Hall–Kier alpha value is -2.34. The van der Waals surface area contributed by atoms with Crippen LogP contribution in [0.25, 0.3) is 10.9 Å². The lowest BCUT2D eigenvalue weighted by molar-refractivity contribution is -0.140. The van der Waals surface area contributed by atoms with Gasteiger partial charge < -0.3 is 19.1 Å². The van der Waals surface area contributed by atoms with Gasteiger partial charge in [-0.2, -0.15) is 0 Å². The first-order valence-corrected chi connectivity index (χ1v) is 9.39. The third-order valence-corrected chi connectivity index (χ3v) is 5.43. The lowest BCUT2D eigenvalue weighted by Gasteiger charge is -2.24. The molecule has 1 atom stereocenters. The Morgan fingerprint density at radius 2 is 1.81 bits per heavy atom. The molecule has 0 saturated carbocycles. The number of carbonyl (C=O) groups excluding carboxylic acids is 2. The number of hydrogen-bond acceptors (Lipinski definition) is 3. The van der Waals surface area contributed by atoms with Crippen molar-refractivity contribution >= 4 is 22.7 Å². The maximum Gasteiger partial charge on any atom is 0.256 e. The Morgan fingerprint density at radius 1 is 1.04 bits per heavy atom. The molecule has 0 aliphatic carbocycles. The first kappa shape index (κ1) is 17.1. The maximum absolute atomic E-state index is 13.1. The molecule has 3 heterocycles. The average molecular weight is 355 g/mol. The van der Waals surface area contributed by atoms with Gasteiger partial charge >= 0.3 is 0 Å². The predicted octanol–water partition coefficient (Wildman–Crippen LogP) is 2.03. The van der Waals surface area contributed by atoms with E-state index >= 15 is 0 Å². The molecule has 6 nitrogen and oxygen atoms in total. The third-order valence-electron chi connectivity index (χ3n) is 5.43. The summed E-state index contributed by atoms with van der Waals surface area (Å²) in [6, 6.07) is 7.96. The predicted molar refractivity (Wildman–Crippen MR) is 99.0 cm³/mol. The maximum atomic E-state index is 13.1. The minimum Gasteiger partial charge on any atom is -0.368 e. The number of ether oxygens (including phenoxy) is 1. The van der Waals surface area contributed by atoms with Gasteiger partial charge in [0.25, 0.3) is 11.8 Å². The second kappa shape index (κ2) is 7.11. The topological polar surface area (TPSA) is 54.8 Å². The number of aromatic nitrogens is 1. The zero-order valence-electron chi connectivity index (χ0n) is 15.2. The zero-order chi connectivity index (χ0) is 18.1. The van der Waals surface area contributed by atoms with E-state index in [9.17, 15) is 9.59 Å². The molecule has 2 amide bonds. The fourth-order valence-electron chi connectivity index (χ4n) is 4.00. The Kier molecular flexibility index (Phi) is 4.68. The summed E-state index contributed by atoms with van der Waals surface area (Å²) < 4.78 is 7.52. The lowest BCUT2D eigenvalue weighted by atomic mass is 10.1. The smallest absolute Gasteiger partial charge is 0.256 e. The van der Waals surface area contributed by atoms with Crippen molar-refractivity contribution in [2.75, 3.05) is 32.8 Å². The molecule has 1 aromatic carbocycles. The minimum atomic E-state index is -0.282. The molecule has 2 saturated heterocycles. The van der Waals surface area contributed by atoms with E-state index in [0.29, 0.717) is 32.8 Å². The summed E-state index contributed by atoms with van der Waals surface area (Å²) in [7, 11) is 1.96. The van der Waals surface area contributed by atoms with E-state index in [4.69, 9.17) is 4.74 Å². The fraction of sp³-hybridized carbons (Fsp3) is 0.500. The second-order valence-electron chi connectivity index (χ2n) is 7.14. The first-order valence-electron chi connectivity index (χ1n) is 9.39. The first-order chi connectivity index (χ1) is 12.6. The molecule has 26 heavy (non-hydrogen) atoms. The molecular formula is C20H25N3O3. The summed E-state index contributed by atoms with van der Waals surface area (Å²) >= 11 is 0. The highest BCUT2D eigenvalue weighted by Gasteiger charge is 2.30. The normalized spacial score (nSPS) is 21.2. The van der Waals surface area contributed by atoms with Gasteiger partial charge in [-0.15, -0.1) is 0 Å². The molecule has 138 valence electrons. The van der Waals surface area contributed by atoms with Crippen molar-refractivity contribution in [3.05, 3.63) is 36.0 Å². The van der Waals surface area contributed by atoms with Gasteiger partial charge in [0, 0.05) is 56.9 Å². The third kappa shape index (κ3) is 3.09. The van der Waals surface area contributed by atoms with Crippen molar-refractivity contribution in [3.8, 4) is 0 Å². The molecule has 1 unspecified atom stereocenters. The van der Waals surface area contributed by atoms with Crippen molar-refractivity contribution in [2.24, 2.45) is 7.05 Å². The van der Waals surface area contributed by atoms with Crippen LogP contribution in [0.2, 0.25) is 0 Å². The van der Waals surface area contributed by atoms with Crippen molar-refractivity contribution in [3.63, 3.8) is 0 Å². The van der Waals surface area contributed by atoms with Crippen LogP contribution in [0.3, 0.4) is 0 Å². The number of fused-ring (bicyclic) bond motifs is 1. The standard InChI is InChI=1S/C20H25N3O3/c1-21-14-16(15-6-2-3-7-17(15)21)19(24)22-9-5-10-23(12-11-22)20(25)18-8-4-13-26-18/h2-3,6-7,14,18H,4-5,8-13H2,1H3. The summed E-state index contributed by atoms with van der Waals surface area (Å²) in [5.74, 6) is 0.134. The number of para-hydroxylation sites is 1. The number of benzene rings is 1. The number of aryl methyl sites for hydroxylation is 1. The second-order valence-corrected chi connectivity index (χ2v) is 7.14. The average Bonchev–Trinajstić information content (AvgIpc) is 3.23. The molecule has 0 bridgehead atoms. The number of carbonyl (C=O) groups is 2. The van der Waals surface area contributed by atoms with Gasteiger partial charge in [-0.25, -0.2) is 0 Å². The molecule has 2 aliphatic rings. The van der Waals surface area contributed by atoms with Crippen LogP contribution in [0.4, 0.5) is 0 Å². The summed E-state index contributed by atoms with van der Waals surface area (Å²) in [6.45, 7) is 3.20. The Bertz CT molecular complexity index is 823. The van der Waals surface area contributed by atoms with Crippen molar-refractivity contribution in [2.45, 2.75) is 25.4 Å². The zero-order valence-corrected chi connectivity index (χ0v) is 15.2. The molecule has 2 aliphatic heterocycles. The van der Waals surface area contributed by atoms with Crippen LogP contribution in [-0.4, -0.2) is 65.1 Å². The van der Waals surface area contributed by atoms with Crippen molar-refractivity contribution < 1.29 is 14.3 Å². The molecular weight excluding hydrogens is 330 g/mol. The van der Waals surface area contributed by atoms with Crippen molar-refractivity contribution in [1.82, 2.24) is 14.4 Å². The Morgan fingerprint density at radius 3 is 2.62 bits per heavy atom. The van der Waals surface area contributed by atoms with E-state index in [2.05, 4.69) is 0 Å².